The van der Waals surface area contributed by atoms with Crippen LogP contribution >= 0.6 is 12.2 Å². The van der Waals surface area contributed by atoms with Crippen LogP contribution in [0.3, 0.4) is 0 Å². The number of thiocarbonyl (C=S) groups is 1. The smallest absolute Gasteiger partial charge is 0.265 e. The molecule has 124 valence electrons. The number of carbonyl (C=O) groups excluding carboxylic acids is 2. The predicted octanol–water partition coefficient (Wildman–Crippen LogP) is 2.71. The first-order valence-electron chi connectivity index (χ1n) is 7.70. The number of amides is 2. The molecule has 1 aromatic carbocycles. The first kappa shape index (κ1) is 17.8. The minimum Gasteiger partial charge on any atom is -0.282 e. The van der Waals surface area contributed by atoms with Crippen molar-refractivity contribution in [3.8, 4) is 6.07 Å². The molecule has 6 heteroatoms. The number of hydrogen-bond donors (Lipinski definition) is 0. The quantitative estimate of drug-likeness (QED) is 0.482. The number of carbonyl (C=O) groups is 2. The van der Waals surface area contributed by atoms with Crippen molar-refractivity contribution in [1.82, 2.24) is 9.80 Å². The molecule has 1 fully saturated rings. The predicted molar refractivity (Wildman–Crippen MR) is 95.7 cm³/mol. The van der Waals surface area contributed by atoms with Crippen molar-refractivity contribution in [3.05, 3.63) is 41.0 Å². The summed E-state index contributed by atoms with van der Waals surface area (Å²) < 4.78 is 0. The molecule has 1 aromatic rings. The molecule has 0 aliphatic carbocycles. The first-order chi connectivity index (χ1) is 11.3. The zero-order valence-electron chi connectivity index (χ0n) is 14.1. The van der Waals surface area contributed by atoms with E-state index >= 15 is 0 Å². The van der Waals surface area contributed by atoms with E-state index in [0.717, 1.165) is 0 Å². The van der Waals surface area contributed by atoms with Gasteiger partial charge in [-0.25, -0.2) is 0 Å². The van der Waals surface area contributed by atoms with Gasteiger partial charge in [0.25, 0.3) is 11.8 Å². The lowest BCUT2D eigenvalue weighted by Gasteiger charge is -2.40. The lowest BCUT2D eigenvalue weighted by molar-refractivity contribution is -0.135. The standard InChI is InChI=1S/C18H19N3O2S/c1-11(2)20-16(22)15(17(23)21(12(3)4)18(20)24)9-13-5-7-14(10-19)8-6-13/h5-9,11-12H,1-4H3. The SMILES string of the molecule is CC(C)N1C(=O)C(=Cc2ccc(C#N)cc2)C(=O)N(C(C)C)C1=S. The number of nitriles is 1. The minimum absolute atomic E-state index is 0.0794. The van der Waals surface area contributed by atoms with Crippen molar-refractivity contribution in [1.29, 1.82) is 5.26 Å². The second-order valence-corrected chi connectivity index (χ2v) is 6.48. The summed E-state index contributed by atoms with van der Waals surface area (Å²) in [6.45, 7) is 7.44. The van der Waals surface area contributed by atoms with Gasteiger partial charge in [0.2, 0.25) is 0 Å². The molecule has 0 unspecified atom stereocenters. The number of rotatable bonds is 3. The molecule has 1 aliphatic heterocycles. The Morgan fingerprint density at radius 2 is 1.46 bits per heavy atom. The molecule has 0 spiro atoms. The summed E-state index contributed by atoms with van der Waals surface area (Å²) in [4.78, 5) is 28.4. The highest BCUT2D eigenvalue weighted by Gasteiger charge is 2.41. The second-order valence-electron chi connectivity index (χ2n) is 6.11. The lowest BCUT2D eigenvalue weighted by atomic mass is 10.0. The first-order valence-corrected chi connectivity index (χ1v) is 8.11. The Bertz CT molecular complexity index is 725. The van der Waals surface area contributed by atoms with Crippen LogP contribution in [0.5, 0.6) is 0 Å². The summed E-state index contributed by atoms with van der Waals surface area (Å²) in [5.74, 6) is -0.775. The molecule has 0 N–H and O–H groups in total. The molecule has 0 atom stereocenters. The third-order valence-electron chi connectivity index (χ3n) is 3.69. The lowest BCUT2D eigenvalue weighted by Crippen LogP contribution is -2.60. The Balaban J connectivity index is 2.51. The van der Waals surface area contributed by atoms with Crippen LogP contribution in [0, 0.1) is 11.3 Å². The van der Waals surface area contributed by atoms with E-state index in [4.69, 9.17) is 17.5 Å². The van der Waals surface area contributed by atoms with Gasteiger partial charge in [-0.2, -0.15) is 5.26 Å². The molecule has 0 bridgehead atoms. The zero-order valence-corrected chi connectivity index (χ0v) is 14.9. The summed E-state index contributed by atoms with van der Waals surface area (Å²) in [6, 6.07) is 8.45. The van der Waals surface area contributed by atoms with E-state index in [9.17, 15) is 9.59 Å². The topological polar surface area (TPSA) is 64.4 Å². The van der Waals surface area contributed by atoms with Gasteiger partial charge in [-0.1, -0.05) is 12.1 Å². The van der Waals surface area contributed by atoms with E-state index in [1.54, 1.807) is 30.3 Å². The van der Waals surface area contributed by atoms with Crippen LogP contribution in [0.4, 0.5) is 0 Å². The van der Waals surface area contributed by atoms with Crippen LogP contribution in [0.25, 0.3) is 6.08 Å². The number of nitrogens with zero attached hydrogens (tertiary/aromatic N) is 3. The van der Waals surface area contributed by atoms with Crippen LogP contribution in [-0.4, -0.2) is 38.8 Å². The third-order valence-corrected chi connectivity index (χ3v) is 4.09. The Kier molecular flexibility index (Phi) is 5.15. The fourth-order valence-corrected chi connectivity index (χ4v) is 3.08. The van der Waals surface area contributed by atoms with Gasteiger partial charge in [-0.05, 0) is 63.7 Å². The molecule has 2 amide bonds. The van der Waals surface area contributed by atoms with E-state index < -0.39 is 0 Å². The molecule has 24 heavy (non-hydrogen) atoms. The van der Waals surface area contributed by atoms with E-state index in [2.05, 4.69) is 0 Å². The van der Waals surface area contributed by atoms with Crippen molar-refractivity contribution in [2.45, 2.75) is 39.8 Å². The van der Waals surface area contributed by atoms with Gasteiger partial charge < -0.3 is 0 Å². The van der Waals surface area contributed by atoms with Crippen molar-refractivity contribution in [2.24, 2.45) is 0 Å². The summed E-state index contributed by atoms with van der Waals surface area (Å²) in [5.41, 5.74) is 1.29. The molecule has 0 saturated carbocycles. The van der Waals surface area contributed by atoms with E-state index in [1.165, 1.54) is 9.80 Å². The molecule has 5 nitrogen and oxygen atoms in total. The molecule has 1 saturated heterocycles. The molecular weight excluding hydrogens is 322 g/mol. The monoisotopic (exact) mass is 341 g/mol. The average Bonchev–Trinajstić information content (AvgIpc) is 2.51. The largest absolute Gasteiger partial charge is 0.282 e. The average molecular weight is 341 g/mol. The fraction of sp³-hybridized carbons (Fsp3) is 0.333. The van der Waals surface area contributed by atoms with Gasteiger partial charge >= 0.3 is 0 Å². The minimum atomic E-state index is -0.388. The third kappa shape index (κ3) is 3.22. The van der Waals surface area contributed by atoms with E-state index in [0.29, 0.717) is 11.1 Å². The van der Waals surface area contributed by atoms with Gasteiger partial charge in [0.05, 0.1) is 11.6 Å². The van der Waals surface area contributed by atoms with Gasteiger partial charge in [-0.15, -0.1) is 0 Å². The maximum Gasteiger partial charge on any atom is 0.265 e. The van der Waals surface area contributed by atoms with Crippen LogP contribution < -0.4 is 0 Å². The highest BCUT2D eigenvalue weighted by Crippen LogP contribution is 2.24. The van der Waals surface area contributed by atoms with E-state index in [1.807, 2.05) is 33.8 Å². The fourth-order valence-electron chi connectivity index (χ4n) is 2.50. The van der Waals surface area contributed by atoms with Crippen LogP contribution in [-0.2, 0) is 9.59 Å². The van der Waals surface area contributed by atoms with Gasteiger partial charge in [-0.3, -0.25) is 19.4 Å². The highest BCUT2D eigenvalue weighted by atomic mass is 32.1. The zero-order chi connectivity index (χ0) is 18.0. The van der Waals surface area contributed by atoms with Gasteiger partial charge in [0.15, 0.2) is 5.11 Å². The molecule has 2 rings (SSSR count). The van der Waals surface area contributed by atoms with Crippen molar-refractivity contribution < 1.29 is 9.59 Å². The van der Waals surface area contributed by atoms with Crippen molar-refractivity contribution in [3.63, 3.8) is 0 Å². The number of benzene rings is 1. The van der Waals surface area contributed by atoms with E-state index in [-0.39, 0.29) is 34.6 Å². The van der Waals surface area contributed by atoms with Crippen molar-refractivity contribution in [2.75, 3.05) is 0 Å². The van der Waals surface area contributed by atoms with Gasteiger partial charge in [0.1, 0.15) is 5.57 Å². The Morgan fingerprint density at radius 1 is 1.00 bits per heavy atom. The number of hydrogen-bond acceptors (Lipinski definition) is 4. The normalized spacial score (nSPS) is 15.4. The van der Waals surface area contributed by atoms with Crippen LogP contribution in [0.15, 0.2) is 29.8 Å². The van der Waals surface area contributed by atoms with Crippen LogP contribution in [0.2, 0.25) is 0 Å². The van der Waals surface area contributed by atoms with Crippen LogP contribution in [0.1, 0.15) is 38.8 Å². The molecule has 1 heterocycles. The maximum atomic E-state index is 12.8. The summed E-state index contributed by atoms with van der Waals surface area (Å²) in [5, 5.41) is 9.10. The molecular formula is C18H19N3O2S. The summed E-state index contributed by atoms with van der Waals surface area (Å²) in [7, 11) is 0. The molecule has 1 aliphatic rings. The highest BCUT2D eigenvalue weighted by molar-refractivity contribution is 7.80. The van der Waals surface area contributed by atoms with Crippen molar-refractivity contribution >= 4 is 35.2 Å². The second kappa shape index (κ2) is 6.93. The molecule has 0 aromatic heterocycles. The Hall–Kier alpha value is -2.52. The van der Waals surface area contributed by atoms with Gasteiger partial charge in [0, 0.05) is 12.1 Å². The maximum absolute atomic E-state index is 12.8. The summed E-state index contributed by atoms with van der Waals surface area (Å²) in [6.07, 6.45) is 1.55. The Labute approximate surface area is 147 Å². The Morgan fingerprint density at radius 3 is 1.83 bits per heavy atom. The molecule has 0 radical (unpaired) electrons. The summed E-state index contributed by atoms with van der Waals surface area (Å²) >= 11 is 5.35.